The summed E-state index contributed by atoms with van der Waals surface area (Å²) in [6.45, 7) is 1.84. The first-order valence-electron chi connectivity index (χ1n) is 8.79. The number of hydrogen-bond acceptors (Lipinski definition) is 5. The zero-order chi connectivity index (χ0) is 17.5. The van der Waals surface area contributed by atoms with Crippen molar-refractivity contribution in [1.29, 1.82) is 0 Å². The first-order chi connectivity index (χ1) is 11.6. The van der Waals surface area contributed by atoms with E-state index in [0.717, 1.165) is 36.9 Å². The average molecular weight is 333 g/mol. The number of aromatic nitrogens is 1. The number of fused-ring (bicyclic) bond motifs is 2. The Hall–Kier alpha value is -1.91. The maximum absolute atomic E-state index is 12.3. The van der Waals surface area contributed by atoms with Crippen LogP contribution in [0.3, 0.4) is 0 Å². The molecule has 24 heavy (non-hydrogen) atoms. The Kier molecular flexibility index (Phi) is 6.76. The molecule has 0 saturated heterocycles. The fourth-order valence-electron chi connectivity index (χ4n) is 3.35. The second kappa shape index (κ2) is 8.81. The van der Waals surface area contributed by atoms with Gasteiger partial charge in [0.1, 0.15) is 0 Å². The topological polar surface area (TPSA) is 65.5 Å². The molecule has 0 aromatic carbocycles. The van der Waals surface area contributed by atoms with Gasteiger partial charge in [-0.05, 0) is 38.2 Å². The highest BCUT2D eigenvalue weighted by molar-refractivity contribution is 6.05. The zero-order valence-electron chi connectivity index (χ0n) is 14.9. The monoisotopic (exact) mass is 333 g/mol. The molecule has 0 N–H and O–H groups in total. The molecule has 0 radical (unpaired) electrons. The summed E-state index contributed by atoms with van der Waals surface area (Å²) in [6.07, 6.45) is 9.50. The maximum Gasteiger partial charge on any atom is 0.340 e. The predicted molar refractivity (Wildman–Crippen MR) is 91.4 cm³/mol. The van der Waals surface area contributed by atoms with Crippen molar-refractivity contribution in [2.45, 2.75) is 64.7 Å². The molecule has 1 aliphatic heterocycles. The van der Waals surface area contributed by atoms with E-state index in [1.54, 1.807) is 0 Å². The number of nitrogens with zero attached hydrogens (tertiary/aromatic N) is 1. The van der Waals surface area contributed by atoms with Gasteiger partial charge in [-0.15, -0.1) is 0 Å². The lowest BCUT2D eigenvalue weighted by Crippen LogP contribution is -2.20. The third-order valence-corrected chi connectivity index (χ3v) is 4.72. The average Bonchev–Trinajstić information content (AvgIpc) is 2.58. The van der Waals surface area contributed by atoms with E-state index < -0.39 is 11.9 Å². The Morgan fingerprint density at radius 2 is 1.21 bits per heavy atom. The van der Waals surface area contributed by atoms with E-state index in [2.05, 4.69) is 0 Å². The summed E-state index contributed by atoms with van der Waals surface area (Å²) in [6, 6.07) is 0. The van der Waals surface area contributed by atoms with Crippen LogP contribution in [0.25, 0.3) is 0 Å². The molecule has 1 aliphatic rings. The summed E-state index contributed by atoms with van der Waals surface area (Å²) in [5.74, 6) is -1.01. The Balaban J connectivity index is 2.57. The van der Waals surface area contributed by atoms with E-state index in [4.69, 9.17) is 14.5 Å². The highest BCUT2D eigenvalue weighted by Gasteiger charge is 2.27. The minimum atomic E-state index is -0.514. The zero-order valence-corrected chi connectivity index (χ0v) is 14.9. The lowest BCUT2D eigenvalue weighted by Gasteiger charge is -2.18. The molecule has 1 aromatic rings. The van der Waals surface area contributed by atoms with Crippen molar-refractivity contribution in [2.24, 2.45) is 0 Å². The molecule has 0 unspecified atom stereocenters. The highest BCUT2D eigenvalue weighted by Crippen LogP contribution is 2.26. The highest BCUT2D eigenvalue weighted by atomic mass is 16.5. The van der Waals surface area contributed by atoms with Gasteiger partial charge < -0.3 is 9.47 Å². The van der Waals surface area contributed by atoms with Crippen molar-refractivity contribution < 1.29 is 19.1 Å². The molecule has 0 saturated carbocycles. The summed E-state index contributed by atoms with van der Waals surface area (Å²) in [7, 11) is 2.66. The van der Waals surface area contributed by atoms with Crippen LogP contribution < -0.4 is 0 Å². The molecule has 2 heterocycles. The van der Waals surface area contributed by atoms with Crippen molar-refractivity contribution in [3.63, 3.8) is 0 Å². The van der Waals surface area contributed by atoms with Gasteiger partial charge in [-0.1, -0.05) is 32.1 Å². The summed E-state index contributed by atoms with van der Waals surface area (Å²) in [4.78, 5) is 29.4. The minimum Gasteiger partial charge on any atom is -0.465 e. The van der Waals surface area contributed by atoms with Gasteiger partial charge in [0.05, 0.1) is 31.0 Å². The van der Waals surface area contributed by atoms with Gasteiger partial charge in [0.25, 0.3) is 0 Å². The van der Waals surface area contributed by atoms with Crippen LogP contribution in [0.5, 0.6) is 0 Å². The molecule has 0 amide bonds. The number of methoxy groups -OCH3 is 2. The maximum atomic E-state index is 12.3. The lowest BCUT2D eigenvalue weighted by molar-refractivity contribution is 0.0552. The summed E-state index contributed by atoms with van der Waals surface area (Å²) in [5, 5.41) is 0. The summed E-state index contributed by atoms with van der Waals surface area (Å²) in [5.41, 5.74) is 2.91. The van der Waals surface area contributed by atoms with Crippen LogP contribution in [0.1, 0.15) is 82.6 Å². The van der Waals surface area contributed by atoms with Gasteiger partial charge >= 0.3 is 11.9 Å². The van der Waals surface area contributed by atoms with E-state index in [0.29, 0.717) is 17.7 Å². The third-order valence-electron chi connectivity index (χ3n) is 4.72. The van der Waals surface area contributed by atoms with E-state index in [-0.39, 0.29) is 5.56 Å². The molecular weight excluding hydrogens is 306 g/mol. The molecule has 1 aromatic heterocycles. The van der Waals surface area contributed by atoms with Gasteiger partial charge in [0, 0.05) is 5.69 Å². The lowest BCUT2D eigenvalue weighted by atomic mass is 9.93. The molecule has 0 spiro atoms. The molecule has 0 fully saturated rings. The van der Waals surface area contributed by atoms with Gasteiger partial charge in [-0.3, -0.25) is 4.98 Å². The van der Waals surface area contributed by atoms with Crippen LogP contribution in [-0.2, 0) is 22.3 Å². The second-order valence-corrected chi connectivity index (χ2v) is 6.34. The fraction of sp³-hybridized carbons (Fsp3) is 0.632. The van der Waals surface area contributed by atoms with Crippen molar-refractivity contribution in [3.05, 3.63) is 28.1 Å². The van der Waals surface area contributed by atoms with E-state index in [1.165, 1.54) is 39.9 Å². The Morgan fingerprint density at radius 1 is 0.750 bits per heavy atom. The van der Waals surface area contributed by atoms with Crippen LogP contribution in [0.4, 0.5) is 0 Å². The molecule has 2 rings (SSSR count). The van der Waals surface area contributed by atoms with E-state index >= 15 is 0 Å². The van der Waals surface area contributed by atoms with Crippen molar-refractivity contribution in [1.82, 2.24) is 4.98 Å². The first kappa shape index (κ1) is 18.4. The second-order valence-electron chi connectivity index (χ2n) is 6.34. The SMILES string of the molecule is COC(=O)c1c2nc(c(C)c1C(=O)OC)CCCCCCCCC2. The minimum absolute atomic E-state index is 0.280. The normalized spacial score (nSPS) is 15.8. The molecular formula is C19H27NO4. The van der Waals surface area contributed by atoms with Crippen LogP contribution in [-0.4, -0.2) is 31.1 Å². The number of rotatable bonds is 2. The van der Waals surface area contributed by atoms with Gasteiger partial charge in [-0.25, -0.2) is 9.59 Å². The fourth-order valence-corrected chi connectivity index (χ4v) is 3.35. The first-order valence-corrected chi connectivity index (χ1v) is 8.79. The quantitative estimate of drug-likeness (QED) is 0.770. The predicted octanol–water partition coefficient (Wildman–Crippen LogP) is 3.79. The largest absolute Gasteiger partial charge is 0.465 e. The smallest absolute Gasteiger partial charge is 0.340 e. The number of carbonyl (C=O) groups excluding carboxylic acids is 2. The number of carbonyl (C=O) groups is 2. The van der Waals surface area contributed by atoms with Crippen molar-refractivity contribution in [2.75, 3.05) is 14.2 Å². The Labute approximate surface area is 143 Å². The Bertz CT molecular complexity index is 610. The Morgan fingerprint density at radius 3 is 1.75 bits per heavy atom. The van der Waals surface area contributed by atoms with Gasteiger partial charge in [0.15, 0.2) is 0 Å². The van der Waals surface area contributed by atoms with Crippen LogP contribution in [0.2, 0.25) is 0 Å². The van der Waals surface area contributed by atoms with Gasteiger partial charge in [-0.2, -0.15) is 0 Å². The number of hydrogen-bond donors (Lipinski definition) is 0. The van der Waals surface area contributed by atoms with E-state index in [1.807, 2.05) is 6.92 Å². The third kappa shape index (κ3) is 4.13. The van der Waals surface area contributed by atoms with E-state index in [9.17, 15) is 9.59 Å². The van der Waals surface area contributed by atoms with Gasteiger partial charge in [0.2, 0.25) is 0 Å². The van der Waals surface area contributed by atoms with Crippen molar-refractivity contribution in [3.8, 4) is 0 Å². The molecule has 5 nitrogen and oxygen atoms in total. The number of esters is 2. The molecule has 5 heteroatoms. The summed E-state index contributed by atoms with van der Waals surface area (Å²) >= 11 is 0. The van der Waals surface area contributed by atoms with Crippen molar-refractivity contribution >= 4 is 11.9 Å². The number of ether oxygens (including phenoxy) is 2. The molecule has 0 aliphatic carbocycles. The van der Waals surface area contributed by atoms with Crippen LogP contribution >= 0.6 is 0 Å². The molecule has 132 valence electrons. The summed E-state index contributed by atoms with van der Waals surface area (Å²) < 4.78 is 9.85. The standard InChI is InChI=1S/C19H27NO4/c1-13-14-11-9-7-5-4-6-8-10-12-15(20-14)17(19(22)24-3)16(13)18(21)23-2/h4-12H2,1-3H3. The molecule has 2 bridgehead atoms. The molecule has 0 atom stereocenters. The number of pyridine rings is 1. The van der Waals surface area contributed by atoms with Crippen LogP contribution in [0, 0.1) is 6.92 Å². The number of aryl methyl sites for hydroxylation is 2. The van der Waals surface area contributed by atoms with Crippen LogP contribution in [0.15, 0.2) is 0 Å².